The summed E-state index contributed by atoms with van der Waals surface area (Å²) in [5.41, 5.74) is 5.97. The van der Waals surface area contributed by atoms with Gasteiger partial charge < -0.3 is 5.32 Å². The molecule has 0 radical (unpaired) electrons. The molecule has 2 aromatic rings. The summed E-state index contributed by atoms with van der Waals surface area (Å²) in [5, 5.41) is 7.87. The average Bonchev–Trinajstić information content (AvgIpc) is 2.56. The highest BCUT2D eigenvalue weighted by atomic mass is 79.9. The van der Waals surface area contributed by atoms with E-state index >= 15 is 0 Å². The summed E-state index contributed by atoms with van der Waals surface area (Å²) in [4.78, 5) is 0. The van der Waals surface area contributed by atoms with Crippen LogP contribution in [0.4, 0.5) is 5.69 Å². The molecule has 1 aromatic carbocycles. The number of nitrogens with one attached hydrogen (secondary N) is 1. The summed E-state index contributed by atoms with van der Waals surface area (Å²) in [5.74, 6) is 0. The van der Waals surface area contributed by atoms with Crippen LogP contribution < -0.4 is 5.32 Å². The first kappa shape index (κ1) is 13.1. The van der Waals surface area contributed by atoms with E-state index in [9.17, 15) is 0 Å². The Morgan fingerprint density at radius 2 is 2.00 bits per heavy atom. The first-order chi connectivity index (χ1) is 8.50. The molecule has 18 heavy (non-hydrogen) atoms. The molecule has 0 aliphatic heterocycles. The maximum Gasteiger partial charge on any atom is 0.0739 e. The molecule has 0 atom stereocenters. The largest absolute Gasteiger partial charge is 0.379 e. The van der Waals surface area contributed by atoms with Crippen molar-refractivity contribution < 1.29 is 0 Å². The lowest BCUT2D eigenvalue weighted by Gasteiger charge is -2.11. The molecule has 0 saturated heterocycles. The van der Waals surface area contributed by atoms with E-state index in [1.807, 2.05) is 18.7 Å². The molecule has 0 aliphatic rings. The van der Waals surface area contributed by atoms with Crippen LogP contribution in [0.1, 0.15) is 22.5 Å². The fraction of sp³-hybridized carbons (Fsp3) is 0.357. The van der Waals surface area contributed by atoms with Gasteiger partial charge in [-0.15, -0.1) is 0 Å². The van der Waals surface area contributed by atoms with E-state index in [4.69, 9.17) is 0 Å². The SMILES string of the molecule is Cc1cccc(NCc2c(Br)c(C)nn2C)c1C. The Balaban J connectivity index is 2.19. The second kappa shape index (κ2) is 5.14. The van der Waals surface area contributed by atoms with E-state index in [0.717, 1.165) is 22.4 Å². The summed E-state index contributed by atoms with van der Waals surface area (Å²) in [7, 11) is 1.97. The number of hydrogen-bond acceptors (Lipinski definition) is 2. The predicted molar refractivity (Wildman–Crippen MR) is 78.9 cm³/mol. The Bertz CT molecular complexity index is 573. The van der Waals surface area contributed by atoms with Gasteiger partial charge in [-0.1, -0.05) is 12.1 Å². The maximum absolute atomic E-state index is 4.39. The van der Waals surface area contributed by atoms with Gasteiger partial charge in [0.2, 0.25) is 0 Å². The van der Waals surface area contributed by atoms with Crippen molar-refractivity contribution in [1.29, 1.82) is 0 Å². The minimum Gasteiger partial charge on any atom is -0.379 e. The Kier molecular flexibility index (Phi) is 3.76. The van der Waals surface area contributed by atoms with Crippen LogP contribution in [0.25, 0.3) is 0 Å². The lowest BCUT2D eigenvalue weighted by Crippen LogP contribution is -2.07. The summed E-state index contributed by atoms with van der Waals surface area (Å²) in [6.45, 7) is 7.04. The Morgan fingerprint density at radius 3 is 2.61 bits per heavy atom. The predicted octanol–water partition coefficient (Wildman–Crippen LogP) is 3.72. The minimum atomic E-state index is 0.766. The zero-order valence-electron chi connectivity index (χ0n) is 11.2. The van der Waals surface area contributed by atoms with Crippen LogP contribution in [-0.2, 0) is 13.6 Å². The van der Waals surface area contributed by atoms with Crippen molar-refractivity contribution in [2.75, 3.05) is 5.32 Å². The molecule has 1 aromatic heterocycles. The van der Waals surface area contributed by atoms with Crippen molar-refractivity contribution in [1.82, 2.24) is 9.78 Å². The van der Waals surface area contributed by atoms with Crippen molar-refractivity contribution in [3.05, 3.63) is 45.2 Å². The lowest BCUT2D eigenvalue weighted by molar-refractivity contribution is 0.712. The first-order valence-corrected chi connectivity index (χ1v) is 6.78. The van der Waals surface area contributed by atoms with Gasteiger partial charge in [0.05, 0.1) is 22.4 Å². The Labute approximate surface area is 116 Å². The Morgan fingerprint density at radius 1 is 1.28 bits per heavy atom. The molecule has 0 unspecified atom stereocenters. The van der Waals surface area contributed by atoms with Crippen molar-refractivity contribution in [3.8, 4) is 0 Å². The number of aryl methyl sites for hydroxylation is 3. The standard InChI is InChI=1S/C14H18BrN3/c1-9-6-5-7-12(10(9)2)16-8-13-14(15)11(3)17-18(13)4/h5-7,16H,8H2,1-4H3. The van der Waals surface area contributed by atoms with Crippen molar-refractivity contribution >= 4 is 21.6 Å². The van der Waals surface area contributed by atoms with E-state index in [0.29, 0.717) is 0 Å². The van der Waals surface area contributed by atoms with Gasteiger partial charge in [-0.3, -0.25) is 4.68 Å². The summed E-state index contributed by atoms with van der Waals surface area (Å²) >= 11 is 3.58. The minimum absolute atomic E-state index is 0.766. The normalized spacial score (nSPS) is 10.7. The highest BCUT2D eigenvalue weighted by molar-refractivity contribution is 9.10. The molecule has 0 spiro atoms. The van der Waals surface area contributed by atoms with Gasteiger partial charge in [0.15, 0.2) is 0 Å². The third-order valence-corrected chi connectivity index (χ3v) is 4.34. The van der Waals surface area contributed by atoms with Gasteiger partial charge in [-0.25, -0.2) is 0 Å². The molecule has 0 bridgehead atoms. The van der Waals surface area contributed by atoms with Gasteiger partial charge in [-0.2, -0.15) is 5.10 Å². The third-order valence-electron chi connectivity index (χ3n) is 3.31. The average molecular weight is 308 g/mol. The van der Waals surface area contributed by atoms with E-state index < -0.39 is 0 Å². The van der Waals surface area contributed by atoms with Gasteiger partial charge in [0.1, 0.15) is 0 Å². The molecule has 2 rings (SSSR count). The van der Waals surface area contributed by atoms with Crippen molar-refractivity contribution in [3.63, 3.8) is 0 Å². The Hall–Kier alpha value is -1.29. The van der Waals surface area contributed by atoms with E-state index in [1.165, 1.54) is 16.8 Å². The van der Waals surface area contributed by atoms with Gasteiger partial charge in [0, 0.05) is 12.7 Å². The fourth-order valence-corrected chi connectivity index (χ4v) is 2.47. The summed E-state index contributed by atoms with van der Waals surface area (Å²) in [6, 6.07) is 6.32. The first-order valence-electron chi connectivity index (χ1n) is 5.98. The molecular weight excluding hydrogens is 290 g/mol. The molecular formula is C14H18BrN3. The van der Waals surface area contributed by atoms with Crippen LogP contribution >= 0.6 is 15.9 Å². The molecule has 3 nitrogen and oxygen atoms in total. The highest BCUT2D eigenvalue weighted by Crippen LogP contribution is 2.23. The summed E-state index contributed by atoms with van der Waals surface area (Å²) < 4.78 is 3.00. The van der Waals surface area contributed by atoms with Crippen LogP contribution in [0.2, 0.25) is 0 Å². The fourth-order valence-electron chi connectivity index (χ4n) is 1.99. The number of anilines is 1. The van der Waals surface area contributed by atoms with Crippen molar-refractivity contribution in [2.45, 2.75) is 27.3 Å². The number of benzene rings is 1. The second-order valence-corrected chi connectivity index (χ2v) is 5.36. The number of hydrogen-bond donors (Lipinski definition) is 1. The monoisotopic (exact) mass is 307 g/mol. The quantitative estimate of drug-likeness (QED) is 0.936. The van der Waals surface area contributed by atoms with Crippen LogP contribution in [0, 0.1) is 20.8 Å². The molecule has 0 aliphatic carbocycles. The highest BCUT2D eigenvalue weighted by Gasteiger charge is 2.10. The number of rotatable bonds is 3. The van der Waals surface area contributed by atoms with Gasteiger partial charge in [-0.05, 0) is 53.9 Å². The summed E-state index contributed by atoms with van der Waals surface area (Å²) in [6.07, 6.45) is 0. The van der Waals surface area contributed by atoms with Gasteiger partial charge in [0.25, 0.3) is 0 Å². The lowest BCUT2D eigenvalue weighted by atomic mass is 10.1. The van der Waals surface area contributed by atoms with Crippen LogP contribution in [0.15, 0.2) is 22.7 Å². The zero-order chi connectivity index (χ0) is 13.3. The van der Waals surface area contributed by atoms with Crippen LogP contribution in [0.5, 0.6) is 0 Å². The molecule has 0 saturated carbocycles. The maximum atomic E-state index is 4.39. The van der Waals surface area contributed by atoms with Crippen molar-refractivity contribution in [2.24, 2.45) is 7.05 Å². The van der Waals surface area contributed by atoms with E-state index in [1.54, 1.807) is 0 Å². The molecule has 4 heteroatoms. The van der Waals surface area contributed by atoms with E-state index in [2.05, 4.69) is 58.4 Å². The molecule has 1 N–H and O–H groups in total. The van der Waals surface area contributed by atoms with Crippen LogP contribution in [-0.4, -0.2) is 9.78 Å². The number of aromatic nitrogens is 2. The number of halogens is 1. The molecule has 0 fully saturated rings. The number of nitrogens with zero attached hydrogens (tertiary/aromatic N) is 2. The van der Waals surface area contributed by atoms with E-state index in [-0.39, 0.29) is 0 Å². The van der Waals surface area contributed by atoms with Gasteiger partial charge >= 0.3 is 0 Å². The second-order valence-electron chi connectivity index (χ2n) is 4.57. The topological polar surface area (TPSA) is 29.9 Å². The smallest absolute Gasteiger partial charge is 0.0739 e. The molecule has 96 valence electrons. The third kappa shape index (κ3) is 2.43. The zero-order valence-corrected chi connectivity index (χ0v) is 12.8. The molecule has 0 amide bonds. The molecule has 1 heterocycles. The van der Waals surface area contributed by atoms with Crippen LogP contribution in [0.3, 0.4) is 0 Å².